The van der Waals surface area contributed by atoms with E-state index in [0.717, 1.165) is 49.7 Å². The van der Waals surface area contributed by atoms with Crippen LogP contribution in [0.1, 0.15) is 31.2 Å². The highest BCUT2D eigenvalue weighted by Crippen LogP contribution is 2.25. The number of benzene rings is 1. The summed E-state index contributed by atoms with van der Waals surface area (Å²) < 4.78 is 0. The SMILES string of the molecule is CN(Cc1ccc(Cl)cc1)CC1CCC(O)CC1. The van der Waals surface area contributed by atoms with Crippen molar-refractivity contribution in [2.45, 2.75) is 38.3 Å². The van der Waals surface area contributed by atoms with E-state index in [4.69, 9.17) is 11.6 Å². The molecule has 100 valence electrons. The Balaban J connectivity index is 1.78. The third kappa shape index (κ3) is 4.27. The lowest BCUT2D eigenvalue weighted by Gasteiger charge is -2.29. The second-order valence-corrected chi connectivity index (χ2v) is 5.93. The van der Waals surface area contributed by atoms with E-state index in [-0.39, 0.29) is 6.10 Å². The molecule has 18 heavy (non-hydrogen) atoms. The number of rotatable bonds is 4. The smallest absolute Gasteiger partial charge is 0.0540 e. The summed E-state index contributed by atoms with van der Waals surface area (Å²) in [5, 5.41) is 10.3. The maximum Gasteiger partial charge on any atom is 0.0540 e. The predicted octanol–water partition coefficient (Wildman–Crippen LogP) is 3.32. The lowest BCUT2D eigenvalue weighted by molar-refractivity contribution is 0.0968. The molecule has 1 saturated carbocycles. The fraction of sp³-hybridized carbons (Fsp3) is 0.600. The third-order valence-corrected chi connectivity index (χ3v) is 4.00. The largest absolute Gasteiger partial charge is 0.393 e. The Kier molecular flexibility index (Phi) is 5.04. The molecule has 0 spiro atoms. The molecule has 0 radical (unpaired) electrons. The summed E-state index contributed by atoms with van der Waals surface area (Å²) in [6, 6.07) is 8.07. The van der Waals surface area contributed by atoms with Gasteiger partial charge in [0.25, 0.3) is 0 Å². The van der Waals surface area contributed by atoms with Gasteiger partial charge in [0.15, 0.2) is 0 Å². The Morgan fingerprint density at radius 2 is 1.78 bits per heavy atom. The number of nitrogens with zero attached hydrogens (tertiary/aromatic N) is 1. The van der Waals surface area contributed by atoms with Crippen LogP contribution in [0.25, 0.3) is 0 Å². The van der Waals surface area contributed by atoms with Crippen LogP contribution in [0.15, 0.2) is 24.3 Å². The molecule has 1 aliphatic carbocycles. The summed E-state index contributed by atoms with van der Waals surface area (Å²) in [4.78, 5) is 2.37. The summed E-state index contributed by atoms with van der Waals surface area (Å²) in [5.74, 6) is 0.741. The molecular formula is C15H22ClNO. The Hall–Kier alpha value is -0.570. The summed E-state index contributed by atoms with van der Waals surface area (Å²) in [7, 11) is 2.17. The molecule has 1 aromatic rings. The fourth-order valence-corrected chi connectivity index (χ4v) is 2.86. The molecule has 2 rings (SSSR count). The van der Waals surface area contributed by atoms with Gasteiger partial charge < -0.3 is 10.0 Å². The normalized spacial score (nSPS) is 24.4. The van der Waals surface area contributed by atoms with Crippen molar-refractivity contribution in [3.8, 4) is 0 Å². The zero-order chi connectivity index (χ0) is 13.0. The molecule has 0 bridgehead atoms. The van der Waals surface area contributed by atoms with E-state index in [1.54, 1.807) is 0 Å². The Labute approximate surface area is 115 Å². The van der Waals surface area contributed by atoms with Gasteiger partial charge in [-0.1, -0.05) is 23.7 Å². The van der Waals surface area contributed by atoms with Gasteiger partial charge in [-0.05, 0) is 56.3 Å². The molecule has 0 atom stereocenters. The average Bonchev–Trinajstić information content (AvgIpc) is 2.35. The molecular weight excluding hydrogens is 246 g/mol. The summed E-state index contributed by atoms with van der Waals surface area (Å²) in [5.41, 5.74) is 1.30. The van der Waals surface area contributed by atoms with Crippen molar-refractivity contribution in [1.82, 2.24) is 4.90 Å². The van der Waals surface area contributed by atoms with E-state index in [1.807, 2.05) is 12.1 Å². The number of halogens is 1. The first-order valence-corrected chi connectivity index (χ1v) is 7.12. The second-order valence-electron chi connectivity index (χ2n) is 5.50. The zero-order valence-corrected chi connectivity index (χ0v) is 11.7. The van der Waals surface area contributed by atoms with Crippen LogP contribution >= 0.6 is 11.6 Å². The van der Waals surface area contributed by atoms with Crippen molar-refractivity contribution in [3.63, 3.8) is 0 Å². The van der Waals surface area contributed by atoms with Gasteiger partial charge in [0.1, 0.15) is 0 Å². The first-order valence-electron chi connectivity index (χ1n) is 6.74. The van der Waals surface area contributed by atoms with E-state index in [9.17, 15) is 5.11 Å². The highest BCUT2D eigenvalue weighted by atomic mass is 35.5. The molecule has 0 aliphatic heterocycles. The van der Waals surface area contributed by atoms with Gasteiger partial charge in [0.2, 0.25) is 0 Å². The van der Waals surface area contributed by atoms with Crippen LogP contribution in [0.3, 0.4) is 0 Å². The van der Waals surface area contributed by atoms with Crippen LogP contribution in [0.4, 0.5) is 0 Å². The number of aliphatic hydroxyl groups is 1. The average molecular weight is 268 g/mol. The lowest BCUT2D eigenvalue weighted by Crippen LogP contribution is -2.29. The van der Waals surface area contributed by atoms with Crippen molar-refractivity contribution in [2.75, 3.05) is 13.6 Å². The number of hydrogen-bond acceptors (Lipinski definition) is 2. The molecule has 3 heteroatoms. The van der Waals surface area contributed by atoms with Crippen LogP contribution in [0.5, 0.6) is 0 Å². The molecule has 1 fully saturated rings. The van der Waals surface area contributed by atoms with Crippen LogP contribution in [0.2, 0.25) is 5.02 Å². The highest BCUT2D eigenvalue weighted by Gasteiger charge is 2.20. The van der Waals surface area contributed by atoms with Crippen molar-refractivity contribution in [1.29, 1.82) is 0 Å². The van der Waals surface area contributed by atoms with Gasteiger partial charge in [0.05, 0.1) is 6.10 Å². The highest BCUT2D eigenvalue weighted by molar-refractivity contribution is 6.30. The number of aliphatic hydroxyl groups excluding tert-OH is 1. The standard InChI is InChI=1S/C15H22ClNO/c1-17(10-12-2-6-14(16)7-3-12)11-13-4-8-15(18)9-5-13/h2-3,6-7,13,15,18H,4-5,8-11H2,1H3. The summed E-state index contributed by atoms with van der Waals surface area (Å²) in [6.07, 6.45) is 4.21. The van der Waals surface area contributed by atoms with E-state index in [2.05, 4.69) is 24.1 Å². The van der Waals surface area contributed by atoms with E-state index in [0.29, 0.717) is 0 Å². The van der Waals surface area contributed by atoms with Crippen LogP contribution < -0.4 is 0 Å². The third-order valence-electron chi connectivity index (χ3n) is 3.75. The van der Waals surface area contributed by atoms with Gasteiger partial charge in [-0.2, -0.15) is 0 Å². The van der Waals surface area contributed by atoms with Gasteiger partial charge in [-0.3, -0.25) is 0 Å². The summed E-state index contributed by atoms with van der Waals surface area (Å²) in [6.45, 7) is 2.09. The predicted molar refractivity (Wildman–Crippen MR) is 75.8 cm³/mol. The second kappa shape index (κ2) is 6.55. The van der Waals surface area contributed by atoms with Gasteiger partial charge >= 0.3 is 0 Å². The molecule has 1 aliphatic rings. The van der Waals surface area contributed by atoms with E-state index >= 15 is 0 Å². The van der Waals surface area contributed by atoms with Gasteiger partial charge in [0, 0.05) is 18.1 Å². The maximum absolute atomic E-state index is 9.50. The molecule has 0 saturated heterocycles. The minimum Gasteiger partial charge on any atom is -0.393 e. The van der Waals surface area contributed by atoms with E-state index < -0.39 is 0 Å². The van der Waals surface area contributed by atoms with Gasteiger partial charge in [-0.25, -0.2) is 0 Å². The van der Waals surface area contributed by atoms with Crippen molar-refractivity contribution in [2.24, 2.45) is 5.92 Å². The summed E-state index contributed by atoms with van der Waals surface area (Å²) >= 11 is 5.88. The Morgan fingerprint density at radius 1 is 1.17 bits per heavy atom. The van der Waals surface area contributed by atoms with Crippen molar-refractivity contribution >= 4 is 11.6 Å². The number of hydrogen-bond donors (Lipinski definition) is 1. The molecule has 2 nitrogen and oxygen atoms in total. The first-order chi connectivity index (χ1) is 8.63. The molecule has 0 heterocycles. The topological polar surface area (TPSA) is 23.5 Å². The molecule has 0 unspecified atom stereocenters. The lowest BCUT2D eigenvalue weighted by atomic mass is 9.87. The maximum atomic E-state index is 9.50. The Morgan fingerprint density at radius 3 is 2.39 bits per heavy atom. The zero-order valence-electron chi connectivity index (χ0n) is 11.0. The quantitative estimate of drug-likeness (QED) is 0.905. The molecule has 0 amide bonds. The minimum atomic E-state index is -0.0529. The monoisotopic (exact) mass is 267 g/mol. The van der Waals surface area contributed by atoms with Crippen LogP contribution in [0, 0.1) is 5.92 Å². The van der Waals surface area contributed by atoms with Crippen molar-refractivity contribution < 1.29 is 5.11 Å². The minimum absolute atomic E-state index is 0.0529. The van der Waals surface area contributed by atoms with Gasteiger partial charge in [-0.15, -0.1) is 0 Å². The van der Waals surface area contributed by atoms with Crippen LogP contribution in [-0.4, -0.2) is 29.7 Å². The molecule has 1 N–H and O–H groups in total. The molecule has 0 aromatic heterocycles. The van der Waals surface area contributed by atoms with Crippen molar-refractivity contribution in [3.05, 3.63) is 34.9 Å². The van der Waals surface area contributed by atoms with Crippen LogP contribution in [-0.2, 0) is 6.54 Å². The fourth-order valence-electron chi connectivity index (χ4n) is 2.73. The molecule has 1 aromatic carbocycles. The first kappa shape index (κ1) is 13.9. The van der Waals surface area contributed by atoms with E-state index in [1.165, 1.54) is 5.56 Å². The Bertz CT molecular complexity index is 357.